The average molecular weight is 247 g/mol. The third kappa shape index (κ3) is 1.56. The van der Waals surface area contributed by atoms with Crippen LogP contribution < -0.4 is 5.73 Å². The molecular formula is C11H13N5O2. The van der Waals surface area contributed by atoms with Gasteiger partial charge in [0.25, 0.3) is 0 Å². The van der Waals surface area contributed by atoms with E-state index in [0.29, 0.717) is 29.0 Å². The first kappa shape index (κ1) is 11.1. The summed E-state index contributed by atoms with van der Waals surface area (Å²) in [4.78, 5) is 12.2. The zero-order chi connectivity index (χ0) is 12.7. The van der Waals surface area contributed by atoms with E-state index in [1.807, 2.05) is 10.6 Å². The highest BCUT2D eigenvalue weighted by molar-refractivity contribution is 5.81. The Kier molecular flexibility index (Phi) is 2.49. The molecule has 1 aliphatic carbocycles. The Balaban J connectivity index is 2.06. The Morgan fingerprint density at radius 2 is 2.22 bits per heavy atom. The summed E-state index contributed by atoms with van der Waals surface area (Å²) in [5, 5.41) is 18.9. The van der Waals surface area contributed by atoms with Crippen LogP contribution in [0.1, 0.15) is 12.5 Å². The maximum Gasteiger partial charge on any atom is 0.165 e. The van der Waals surface area contributed by atoms with Crippen molar-refractivity contribution in [1.29, 1.82) is 0 Å². The number of rotatable bonds is 2. The van der Waals surface area contributed by atoms with Gasteiger partial charge < -0.3 is 20.5 Å². The molecule has 18 heavy (non-hydrogen) atoms. The van der Waals surface area contributed by atoms with Crippen molar-refractivity contribution in [3.63, 3.8) is 0 Å². The van der Waals surface area contributed by atoms with Gasteiger partial charge in [0.15, 0.2) is 11.5 Å². The summed E-state index contributed by atoms with van der Waals surface area (Å²) in [6, 6.07) is -0.0681. The Morgan fingerprint density at radius 1 is 1.39 bits per heavy atom. The summed E-state index contributed by atoms with van der Waals surface area (Å²) in [6.45, 7) is -0.137. The van der Waals surface area contributed by atoms with Gasteiger partial charge in [0.1, 0.15) is 11.8 Å². The Labute approximate surface area is 103 Å². The fourth-order valence-electron chi connectivity index (χ4n) is 2.27. The zero-order valence-corrected chi connectivity index (χ0v) is 9.56. The van der Waals surface area contributed by atoms with E-state index >= 15 is 0 Å². The molecule has 0 amide bonds. The van der Waals surface area contributed by atoms with Crippen LogP contribution in [0.3, 0.4) is 0 Å². The summed E-state index contributed by atoms with van der Waals surface area (Å²) < 4.78 is 1.83. The highest BCUT2D eigenvalue weighted by atomic mass is 16.3. The van der Waals surface area contributed by atoms with Crippen molar-refractivity contribution >= 4 is 17.0 Å². The molecule has 2 heterocycles. The molecule has 0 spiro atoms. The number of fused-ring (bicyclic) bond motifs is 1. The Hall–Kier alpha value is -1.99. The molecule has 4 N–H and O–H groups in total. The van der Waals surface area contributed by atoms with Gasteiger partial charge in [-0.05, 0) is 5.57 Å². The molecule has 0 aliphatic heterocycles. The van der Waals surface area contributed by atoms with Crippen molar-refractivity contribution in [3.8, 4) is 0 Å². The van der Waals surface area contributed by atoms with Gasteiger partial charge in [0.05, 0.1) is 25.1 Å². The number of nitrogens with zero attached hydrogens (tertiary/aromatic N) is 4. The van der Waals surface area contributed by atoms with Crippen LogP contribution in [-0.2, 0) is 0 Å². The minimum Gasteiger partial charge on any atom is -0.392 e. The molecular weight excluding hydrogens is 234 g/mol. The molecule has 0 radical (unpaired) electrons. The van der Waals surface area contributed by atoms with Crippen LogP contribution in [0.25, 0.3) is 11.2 Å². The molecule has 7 heteroatoms. The molecule has 2 atom stereocenters. The van der Waals surface area contributed by atoms with Gasteiger partial charge in [-0.2, -0.15) is 0 Å². The smallest absolute Gasteiger partial charge is 0.165 e. The van der Waals surface area contributed by atoms with E-state index in [1.165, 1.54) is 6.33 Å². The van der Waals surface area contributed by atoms with Crippen LogP contribution in [-0.4, -0.2) is 42.4 Å². The quantitative estimate of drug-likeness (QED) is 0.625. The normalized spacial score (nSPS) is 23.6. The number of allylic oxidation sites excluding steroid dienone is 1. The summed E-state index contributed by atoms with van der Waals surface area (Å²) in [5.41, 5.74) is 7.53. The van der Waals surface area contributed by atoms with Crippen molar-refractivity contribution < 1.29 is 10.2 Å². The van der Waals surface area contributed by atoms with Gasteiger partial charge in [0.2, 0.25) is 0 Å². The summed E-state index contributed by atoms with van der Waals surface area (Å²) in [6.07, 6.45) is 4.74. The first-order valence-electron chi connectivity index (χ1n) is 5.63. The zero-order valence-electron chi connectivity index (χ0n) is 9.56. The van der Waals surface area contributed by atoms with Crippen LogP contribution in [0.2, 0.25) is 0 Å². The van der Waals surface area contributed by atoms with Gasteiger partial charge in [0, 0.05) is 6.42 Å². The predicted octanol–water partition coefficient (Wildman–Crippen LogP) is -0.367. The van der Waals surface area contributed by atoms with E-state index < -0.39 is 6.10 Å². The molecule has 3 rings (SSSR count). The Morgan fingerprint density at radius 3 is 2.94 bits per heavy atom. The third-order valence-electron chi connectivity index (χ3n) is 3.23. The van der Waals surface area contributed by atoms with E-state index in [2.05, 4.69) is 15.0 Å². The van der Waals surface area contributed by atoms with Gasteiger partial charge >= 0.3 is 0 Å². The lowest BCUT2D eigenvalue weighted by Gasteiger charge is -2.11. The minimum atomic E-state index is -0.614. The predicted molar refractivity (Wildman–Crippen MR) is 64.6 cm³/mol. The average Bonchev–Trinajstić information content (AvgIpc) is 2.93. The Bertz CT molecular complexity index is 621. The highest BCUT2D eigenvalue weighted by Crippen LogP contribution is 2.30. The number of nitrogens with two attached hydrogens (primary N) is 1. The van der Waals surface area contributed by atoms with Crippen LogP contribution in [0.5, 0.6) is 0 Å². The van der Waals surface area contributed by atoms with Crippen molar-refractivity contribution in [3.05, 3.63) is 24.3 Å². The number of nitrogen functional groups attached to an aromatic ring is 1. The maximum atomic E-state index is 9.77. The lowest BCUT2D eigenvalue weighted by atomic mass is 10.2. The molecule has 0 aromatic carbocycles. The summed E-state index contributed by atoms with van der Waals surface area (Å²) in [7, 11) is 0. The number of hydrogen-bond donors (Lipinski definition) is 3. The van der Waals surface area contributed by atoms with E-state index in [1.54, 1.807) is 6.33 Å². The summed E-state index contributed by atoms with van der Waals surface area (Å²) >= 11 is 0. The van der Waals surface area contributed by atoms with Crippen molar-refractivity contribution in [2.45, 2.75) is 18.6 Å². The van der Waals surface area contributed by atoms with Gasteiger partial charge in [-0.3, -0.25) is 0 Å². The second kappa shape index (κ2) is 4.04. The largest absolute Gasteiger partial charge is 0.392 e. The van der Waals surface area contributed by atoms with Crippen LogP contribution in [0.15, 0.2) is 24.3 Å². The molecule has 0 saturated heterocycles. The number of aliphatic hydroxyl groups is 2. The van der Waals surface area contributed by atoms with Crippen LogP contribution in [0.4, 0.5) is 5.82 Å². The van der Waals surface area contributed by atoms with Crippen molar-refractivity contribution in [1.82, 2.24) is 19.5 Å². The van der Waals surface area contributed by atoms with Crippen LogP contribution in [0, 0.1) is 0 Å². The third-order valence-corrected chi connectivity index (χ3v) is 3.23. The monoisotopic (exact) mass is 247 g/mol. The van der Waals surface area contributed by atoms with Crippen molar-refractivity contribution in [2.75, 3.05) is 12.3 Å². The van der Waals surface area contributed by atoms with Gasteiger partial charge in [-0.25, -0.2) is 15.0 Å². The lowest BCUT2D eigenvalue weighted by Crippen LogP contribution is -2.11. The molecule has 2 aromatic rings. The van der Waals surface area contributed by atoms with E-state index in [-0.39, 0.29) is 12.6 Å². The second-order valence-electron chi connectivity index (χ2n) is 4.30. The van der Waals surface area contributed by atoms with E-state index in [0.717, 1.165) is 0 Å². The first-order valence-corrected chi connectivity index (χ1v) is 5.63. The number of imidazole rings is 1. The first-order chi connectivity index (χ1) is 8.70. The minimum absolute atomic E-state index is 0.0681. The summed E-state index contributed by atoms with van der Waals surface area (Å²) in [5.74, 6) is 0.337. The number of anilines is 1. The second-order valence-corrected chi connectivity index (χ2v) is 4.30. The molecule has 2 aromatic heterocycles. The van der Waals surface area contributed by atoms with E-state index in [4.69, 9.17) is 10.8 Å². The fourth-order valence-corrected chi connectivity index (χ4v) is 2.27. The van der Waals surface area contributed by atoms with Crippen molar-refractivity contribution in [2.24, 2.45) is 0 Å². The molecule has 0 saturated carbocycles. The van der Waals surface area contributed by atoms with Crippen LogP contribution >= 0.6 is 0 Å². The molecule has 0 fully saturated rings. The molecule has 0 bridgehead atoms. The fraction of sp³-hybridized carbons (Fsp3) is 0.364. The SMILES string of the molecule is Nc1ncnc2c1ncn2[C@@H]1C=C(CO)[C@H](O)C1. The lowest BCUT2D eigenvalue weighted by molar-refractivity contribution is 0.182. The number of aliphatic hydroxyl groups excluding tert-OH is 2. The molecule has 94 valence electrons. The maximum absolute atomic E-state index is 9.77. The topological polar surface area (TPSA) is 110 Å². The number of aromatic nitrogens is 4. The van der Waals surface area contributed by atoms with Gasteiger partial charge in [-0.1, -0.05) is 6.08 Å². The molecule has 1 aliphatic rings. The molecule has 0 unspecified atom stereocenters. The highest BCUT2D eigenvalue weighted by Gasteiger charge is 2.26. The molecule has 7 nitrogen and oxygen atoms in total. The standard InChI is InChI=1S/C11H13N5O2/c12-10-9-11(14-4-13-10)16(5-15-9)7-1-6(3-17)8(18)2-7/h1,4-5,7-8,17-18H,2-3H2,(H2,12,13,14)/t7-,8-/m1/s1. The number of hydrogen-bond acceptors (Lipinski definition) is 6. The van der Waals surface area contributed by atoms with E-state index in [9.17, 15) is 5.11 Å². The van der Waals surface area contributed by atoms with Gasteiger partial charge in [-0.15, -0.1) is 0 Å².